The van der Waals surface area contributed by atoms with E-state index in [2.05, 4.69) is 10.0 Å². The van der Waals surface area contributed by atoms with Crippen molar-refractivity contribution in [3.63, 3.8) is 0 Å². The zero-order chi connectivity index (χ0) is 21.9. The van der Waals surface area contributed by atoms with Gasteiger partial charge < -0.3 is 14.2 Å². The number of aromatic amines is 1. The summed E-state index contributed by atoms with van der Waals surface area (Å²) in [7, 11) is 1.49. The fourth-order valence-corrected chi connectivity index (χ4v) is 3.77. The zero-order valence-corrected chi connectivity index (χ0v) is 17.6. The Morgan fingerprint density at radius 2 is 2.17 bits per heavy atom. The van der Waals surface area contributed by atoms with Crippen LogP contribution in [0.5, 0.6) is 5.75 Å². The lowest BCUT2D eigenvalue weighted by atomic mass is 10.1. The van der Waals surface area contributed by atoms with Crippen molar-refractivity contribution in [1.82, 2.24) is 9.55 Å². The Bertz CT molecular complexity index is 1110. The molecule has 0 saturated carbocycles. The summed E-state index contributed by atoms with van der Waals surface area (Å²) in [5.41, 5.74) is 5.48. The number of rotatable bonds is 6. The van der Waals surface area contributed by atoms with Crippen molar-refractivity contribution in [2.75, 3.05) is 11.5 Å². The summed E-state index contributed by atoms with van der Waals surface area (Å²) in [4.78, 5) is 40.5. The van der Waals surface area contributed by atoms with Crippen LogP contribution in [0, 0.1) is 5.82 Å². The van der Waals surface area contributed by atoms with Crippen molar-refractivity contribution in [2.24, 2.45) is 5.11 Å². The molecule has 1 aromatic carbocycles. The molecule has 158 valence electrons. The average molecular weight is 531 g/mol. The van der Waals surface area contributed by atoms with E-state index in [1.54, 1.807) is 12.1 Å². The molecule has 1 fully saturated rings. The standard InChI is InChI=1S/C17H15FIN5O6/c1-28-10-4-2-9(3-5-10)15(26)29-12-6-13(30-17(12,8-19)22-23-20)24-7-11(18)14(25)21-16(24)27/h2-5,7,12-13H,6,8H2,1H3,(H,21,25,27)/t12-,13-,17+/m0/s1. The van der Waals surface area contributed by atoms with Gasteiger partial charge in [-0.1, -0.05) is 27.7 Å². The average Bonchev–Trinajstić information content (AvgIpc) is 3.09. The molecular weight excluding hydrogens is 516 g/mol. The summed E-state index contributed by atoms with van der Waals surface area (Å²) < 4.78 is 30.9. The van der Waals surface area contributed by atoms with Crippen LogP contribution in [0.15, 0.2) is 45.2 Å². The Labute approximate surface area is 181 Å². The molecule has 0 bridgehead atoms. The van der Waals surface area contributed by atoms with E-state index in [0.29, 0.717) is 11.9 Å². The zero-order valence-electron chi connectivity index (χ0n) is 15.4. The number of carbonyl (C=O) groups excluding carboxylic acids is 1. The number of H-pyrrole nitrogens is 1. The number of methoxy groups -OCH3 is 1. The summed E-state index contributed by atoms with van der Waals surface area (Å²) in [6.45, 7) is 0. The van der Waals surface area contributed by atoms with Gasteiger partial charge in [0.2, 0.25) is 5.82 Å². The molecule has 1 aromatic heterocycles. The maximum Gasteiger partial charge on any atom is 0.338 e. The van der Waals surface area contributed by atoms with E-state index < -0.39 is 41.1 Å². The Morgan fingerprint density at radius 1 is 1.47 bits per heavy atom. The van der Waals surface area contributed by atoms with Crippen molar-refractivity contribution in [2.45, 2.75) is 24.5 Å². The molecule has 3 atom stereocenters. The van der Waals surface area contributed by atoms with Gasteiger partial charge in [0.15, 0.2) is 5.72 Å². The van der Waals surface area contributed by atoms with Gasteiger partial charge in [-0.2, -0.15) is 4.39 Å². The summed E-state index contributed by atoms with van der Waals surface area (Å²) in [5, 5.41) is 3.65. The first kappa shape index (κ1) is 21.8. The summed E-state index contributed by atoms with van der Waals surface area (Å²) in [6, 6.07) is 6.14. The number of azide groups is 1. The van der Waals surface area contributed by atoms with Crippen LogP contribution in [0.2, 0.25) is 0 Å². The van der Waals surface area contributed by atoms with Crippen LogP contribution >= 0.6 is 22.6 Å². The molecule has 0 amide bonds. The van der Waals surface area contributed by atoms with Crippen molar-refractivity contribution >= 4 is 28.6 Å². The number of hydrogen-bond donors (Lipinski definition) is 1. The number of hydrogen-bond acceptors (Lipinski definition) is 7. The first-order chi connectivity index (χ1) is 14.3. The van der Waals surface area contributed by atoms with Gasteiger partial charge in [-0.15, -0.1) is 0 Å². The lowest BCUT2D eigenvalue weighted by molar-refractivity contribution is -0.0867. The highest BCUT2D eigenvalue weighted by Crippen LogP contribution is 2.41. The van der Waals surface area contributed by atoms with Crippen LogP contribution in [0.4, 0.5) is 4.39 Å². The Kier molecular flexibility index (Phi) is 6.43. The maximum atomic E-state index is 13.7. The molecule has 1 aliphatic rings. The number of esters is 1. The van der Waals surface area contributed by atoms with E-state index in [0.717, 1.165) is 4.57 Å². The number of nitrogens with one attached hydrogen (secondary N) is 1. The number of halogens is 2. The molecule has 1 aliphatic heterocycles. The monoisotopic (exact) mass is 531 g/mol. The summed E-state index contributed by atoms with van der Waals surface area (Å²) >= 11 is 1.88. The fraction of sp³-hybridized carbons (Fsp3) is 0.353. The molecule has 0 unspecified atom stereocenters. The predicted molar refractivity (Wildman–Crippen MR) is 109 cm³/mol. The predicted octanol–water partition coefficient (Wildman–Crippen LogP) is 2.27. The van der Waals surface area contributed by atoms with Gasteiger partial charge in [0, 0.05) is 15.8 Å². The third-order valence-corrected chi connectivity index (χ3v) is 5.57. The molecule has 2 aromatic rings. The van der Waals surface area contributed by atoms with E-state index in [1.165, 1.54) is 19.2 Å². The quantitative estimate of drug-likeness (QED) is 0.151. The molecular formula is C17H15FIN5O6. The van der Waals surface area contributed by atoms with E-state index in [1.807, 2.05) is 27.6 Å². The fourth-order valence-electron chi connectivity index (χ4n) is 2.94. The third kappa shape index (κ3) is 4.17. The highest BCUT2D eigenvalue weighted by atomic mass is 127. The van der Waals surface area contributed by atoms with Crippen LogP contribution in [0.25, 0.3) is 10.4 Å². The van der Waals surface area contributed by atoms with Crippen LogP contribution in [0.3, 0.4) is 0 Å². The second-order valence-corrected chi connectivity index (χ2v) is 7.00. The number of nitrogens with zero attached hydrogens (tertiary/aromatic N) is 4. The minimum atomic E-state index is -1.63. The molecule has 1 saturated heterocycles. The van der Waals surface area contributed by atoms with E-state index >= 15 is 0 Å². The van der Waals surface area contributed by atoms with Gasteiger partial charge in [-0.3, -0.25) is 14.3 Å². The Hall–Kier alpha value is -2.90. The van der Waals surface area contributed by atoms with Gasteiger partial charge in [-0.05, 0) is 29.8 Å². The largest absolute Gasteiger partial charge is 0.497 e. The SMILES string of the molecule is COc1ccc(C(=O)O[C@H]2C[C@@H](n3cc(F)c(=O)[nH]c3=O)O[C@@]2(CI)N=[N+]=[N-])cc1. The minimum absolute atomic E-state index is 0.0759. The molecule has 0 spiro atoms. The summed E-state index contributed by atoms with van der Waals surface area (Å²) in [6.07, 6.45) is -1.65. The lowest BCUT2D eigenvalue weighted by Crippen LogP contribution is -2.41. The van der Waals surface area contributed by atoms with Gasteiger partial charge in [0.1, 0.15) is 18.1 Å². The highest BCUT2D eigenvalue weighted by molar-refractivity contribution is 14.1. The number of benzene rings is 1. The second kappa shape index (κ2) is 8.85. The van der Waals surface area contributed by atoms with Gasteiger partial charge in [0.05, 0.1) is 18.9 Å². The van der Waals surface area contributed by atoms with Crippen molar-refractivity contribution in [3.8, 4) is 5.75 Å². The smallest absolute Gasteiger partial charge is 0.338 e. The molecule has 0 aliphatic carbocycles. The van der Waals surface area contributed by atoms with Gasteiger partial charge in [-0.25, -0.2) is 9.59 Å². The second-order valence-electron chi connectivity index (χ2n) is 6.24. The number of ether oxygens (including phenoxy) is 3. The van der Waals surface area contributed by atoms with E-state index in [-0.39, 0.29) is 16.4 Å². The van der Waals surface area contributed by atoms with E-state index in [9.17, 15) is 18.8 Å². The molecule has 1 N–H and O–H groups in total. The maximum absolute atomic E-state index is 13.7. The lowest BCUT2D eigenvalue weighted by Gasteiger charge is -2.27. The third-order valence-electron chi connectivity index (χ3n) is 4.47. The van der Waals surface area contributed by atoms with Crippen LogP contribution in [-0.2, 0) is 9.47 Å². The van der Waals surface area contributed by atoms with Crippen molar-refractivity contribution in [1.29, 1.82) is 0 Å². The van der Waals surface area contributed by atoms with Crippen LogP contribution in [-0.4, -0.2) is 38.9 Å². The van der Waals surface area contributed by atoms with E-state index in [4.69, 9.17) is 19.7 Å². The molecule has 30 heavy (non-hydrogen) atoms. The van der Waals surface area contributed by atoms with Crippen LogP contribution in [0.1, 0.15) is 23.0 Å². The number of alkyl halides is 1. The first-order valence-electron chi connectivity index (χ1n) is 8.49. The van der Waals surface area contributed by atoms with Crippen molar-refractivity contribution < 1.29 is 23.4 Å². The summed E-state index contributed by atoms with van der Waals surface area (Å²) in [5.74, 6) is -1.36. The van der Waals surface area contributed by atoms with Crippen molar-refractivity contribution in [3.05, 3.63) is 73.1 Å². The topological polar surface area (TPSA) is 148 Å². The number of aromatic nitrogens is 2. The van der Waals surface area contributed by atoms with Gasteiger partial charge in [0.25, 0.3) is 5.56 Å². The molecule has 13 heteroatoms. The Morgan fingerprint density at radius 3 is 2.77 bits per heavy atom. The number of carbonyl (C=O) groups is 1. The van der Waals surface area contributed by atoms with Crippen LogP contribution < -0.4 is 16.0 Å². The minimum Gasteiger partial charge on any atom is -0.497 e. The van der Waals surface area contributed by atoms with Gasteiger partial charge >= 0.3 is 11.7 Å². The normalized spacial score (nSPS) is 22.9. The molecule has 3 rings (SSSR count). The molecule has 0 radical (unpaired) electrons. The highest BCUT2D eigenvalue weighted by Gasteiger charge is 2.51. The first-order valence-corrected chi connectivity index (χ1v) is 10.0. The molecule has 11 nitrogen and oxygen atoms in total. The Balaban J connectivity index is 1.92. The molecule has 2 heterocycles.